The van der Waals surface area contributed by atoms with E-state index in [4.69, 9.17) is 14.2 Å². The predicted octanol–water partition coefficient (Wildman–Crippen LogP) is 2.89. The zero-order chi connectivity index (χ0) is 19.7. The van der Waals surface area contributed by atoms with E-state index in [0.29, 0.717) is 37.8 Å². The molecule has 0 aliphatic carbocycles. The molecule has 8 nitrogen and oxygen atoms in total. The summed E-state index contributed by atoms with van der Waals surface area (Å²) < 4.78 is 16.1. The van der Waals surface area contributed by atoms with E-state index in [1.807, 2.05) is 0 Å². The Labute approximate surface area is 159 Å². The first-order chi connectivity index (χ1) is 12.8. The van der Waals surface area contributed by atoms with E-state index in [9.17, 15) is 9.59 Å². The van der Waals surface area contributed by atoms with Crippen molar-refractivity contribution in [3.63, 3.8) is 0 Å². The Hall–Kier alpha value is -2.48. The van der Waals surface area contributed by atoms with E-state index in [-0.39, 0.29) is 12.1 Å². The number of carbonyl (C=O) groups excluding carboxylic acids is 2. The van der Waals surface area contributed by atoms with E-state index >= 15 is 0 Å². The van der Waals surface area contributed by atoms with Crippen molar-refractivity contribution < 1.29 is 23.8 Å². The highest BCUT2D eigenvalue weighted by Crippen LogP contribution is 2.18. The van der Waals surface area contributed by atoms with Crippen LogP contribution in [0.4, 0.5) is 15.3 Å². The molecular weight excluding hydrogens is 350 g/mol. The summed E-state index contributed by atoms with van der Waals surface area (Å²) in [5.41, 5.74) is 0.0155. The molecule has 0 spiro atoms. The van der Waals surface area contributed by atoms with Crippen molar-refractivity contribution in [1.29, 1.82) is 0 Å². The van der Waals surface area contributed by atoms with E-state index in [2.05, 4.69) is 16.0 Å². The molecular formula is C19H29N3O5. The van der Waals surface area contributed by atoms with Crippen LogP contribution in [0, 0.1) is 0 Å². The Kier molecular flexibility index (Phi) is 7.72. The smallest absolute Gasteiger partial charge is 0.412 e. The summed E-state index contributed by atoms with van der Waals surface area (Å²) in [4.78, 5) is 23.6. The van der Waals surface area contributed by atoms with Gasteiger partial charge in [-0.15, -0.1) is 0 Å². The third kappa shape index (κ3) is 8.63. The average Bonchev–Trinajstić information content (AvgIpc) is 2.58. The van der Waals surface area contributed by atoms with Gasteiger partial charge in [0.05, 0.1) is 6.54 Å². The zero-order valence-corrected chi connectivity index (χ0v) is 16.2. The Balaban J connectivity index is 1.68. The van der Waals surface area contributed by atoms with Crippen molar-refractivity contribution in [2.24, 2.45) is 0 Å². The van der Waals surface area contributed by atoms with Crippen molar-refractivity contribution in [2.75, 3.05) is 31.7 Å². The maximum Gasteiger partial charge on any atom is 0.412 e. The molecule has 1 aromatic carbocycles. The van der Waals surface area contributed by atoms with Crippen LogP contribution >= 0.6 is 0 Å². The average molecular weight is 379 g/mol. The van der Waals surface area contributed by atoms with Crippen molar-refractivity contribution in [3.05, 3.63) is 24.3 Å². The van der Waals surface area contributed by atoms with Gasteiger partial charge in [-0.25, -0.2) is 9.59 Å². The first-order valence-electron chi connectivity index (χ1n) is 9.17. The van der Waals surface area contributed by atoms with Gasteiger partial charge in [-0.2, -0.15) is 0 Å². The minimum atomic E-state index is -0.560. The van der Waals surface area contributed by atoms with Gasteiger partial charge < -0.3 is 24.8 Å². The summed E-state index contributed by atoms with van der Waals surface area (Å²) in [6.07, 6.45) is 1.15. The molecule has 0 bridgehead atoms. The molecule has 0 atom stereocenters. The first kappa shape index (κ1) is 20.8. The number of urea groups is 1. The molecule has 0 unspecified atom stereocenters. The van der Waals surface area contributed by atoms with Crippen molar-refractivity contribution in [3.8, 4) is 5.75 Å². The number of ether oxygens (including phenoxy) is 3. The van der Waals surface area contributed by atoms with Gasteiger partial charge in [0.25, 0.3) is 0 Å². The van der Waals surface area contributed by atoms with Crippen LogP contribution in [0.5, 0.6) is 5.75 Å². The molecule has 3 N–H and O–H groups in total. The normalized spacial score (nSPS) is 14.9. The lowest BCUT2D eigenvalue weighted by Crippen LogP contribution is -2.45. The number of hydrogen-bond acceptors (Lipinski definition) is 5. The zero-order valence-electron chi connectivity index (χ0n) is 16.2. The molecule has 1 aromatic rings. The van der Waals surface area contributed by atoms with Crippen LogP contribution in [0.1, 0.15) is 33.6 Å². The van der Waals surface area contributed by atoms with Crippen LogP contribution in [-0.2, 0) is 9.47 Å². The largest absolute Gasteiger partial charge is 0.492 e. The van der Waals surface area contributed by atoms with Gasteiger partial charge in [0.1, 0.15) is 18.0 Å². The van der Waals surface area contributed by atoms with Crippen LogP contribution in [-0.4, -0.2) is 50.1 Å². The Morgan fingerprint density at radius 3 is 2.67 bits per heavy atom. The molecule has 27 heavy (non-hydrogen) atoms. The van der Waals surface area contributed by atoms with Crippen molar-refractivity contribution in [2.45, 2.75) is 45.3 Å². The second kappa shape index (κ2) is 10.0. The minimum absolute atomic E-state index is 0.162. The molecule has 150 valence electrons. The van der Waals surface area contributed by atoms with E-state index in [1.165, 1.54) is 0 Å². The number of anilines is 1. The lowest BCUT2D eigenvalue weighted by Gasteiger charge is -2.23. The second-order valence-electron chi connectivity index (χ2n) is 7.29. The lowest BCUT2D eigenvalue weighted by atomic mass is 10.1. The molecule has 0 aromatic heterocycles. The van der Waals surface area contributed by atoms with Crippen LogP contribution < -0.4 is 20.7 Å². The van der Waals surface area contributed by atoms with E-state index in [0.717, 1.165) is 12.8 Å². The van der Waals surface area contributed by atoms with Gasteiger partial charge in [0.15, 0.2) is 0 Å². The van der Waals surface area contributed by atoms with Gasteiger partial charge in [0.2, 0.25) is 0 Å². The topological polar surface area (TPSA) is 97.9 Å². The summed E-state index contributed by atoms with van der Waals surface area (Å²) in [5.74, 6) is 0.593. The van der Waals surface area contributed by atoms with Gasteiger partial charge in [-0.3, -0.25) is 5.32 Å². The molecule has 2 rings (SSSR count). The maximum atomic E-state index is 11.8. The quantitative estimate of drug-likeness (QED) is 0.660. The molecule has 1 saturated heterocycles. The van der Waals surface area contributed by atoms with Crippen LogP contribution in [0.3, 0.4) is 0 Å². The summed E-state index contributed by atoms with van der Waals surface area (Å²) in [6.45, 7) is 7.46. The van der Waals surface area contributed by atoms with Gasteiger partial charge >= 0.3 is 12.1 Å². The third-order valence-electron chi connectivity index (χ3n) is 3.69. The molecule has 0 radical (unpaired) electrons. The highest BCUT2D eigenvalue weighted by atomic mass is 16.6. The molecule has 1 aliphatic heterocycles. The summed E-state index contributed by atoms with van der Waals surface area (Å²) in [6, 6.07) is 6.96. The Bertz CT molecular complexity index is 624. The SMILES string of the molecule is CC(C)(C)OC(=O)Nc1cccc(OCCNC(=O)NC2CCOCC2)c1. The third-order valence-corrected chi connectivity index (χ3v) is 3.69. The number of hydrogen-bond donors (Lipinski definition) is 3. The number of benzene rings is 1. The van der Waals surface area contributed by atoms with E-state index in [1.54, 1.807) is 45.0 Å². The summed E-state index contributed by atoms with van der Waals surface area (Å²) in [7, 11) is 0. The number of rotatable bonds is 6. The Morgan fingerprint density at radius 1 is 1.22 bits per heavy atom. The maximum absolute atomic E-state index is 11.8. The highest BCUT2D eigenvalue weighted by molar-refractivity contribution is 5.85. The number of amides is 3. The summed E-state index contributed by atoms with van der Waals surface area (Å²) >= 11 is 0. The number of carbonyl (C=O) groups is 2. The van der Waals surface area contributed by atoms with E-state index < -0.39 is 11.7 Å². The standard InChI is InChI=1S/C19H29N3O5/c1-19(2,3)27-18(24)22-15-5-4-6-16(13-15)26-12-9-20-17(23)21-14-7-10-25-11-8-14/h4-6,13-14H,7-12H2,1-3H3,(H,22,24)(H2,20,21,23). The van der Waals surface area contributed by atoms with Crippen LogP contribution in [0.15, 0.2) is 24.3 Å². The molecule has 0 saturated carbocycles. The van der Waals surface area contributed by atoms with Crippen molar-refractivity contribution in [1.82, 2.24) is 10.6 Å². The Morgan fingerprint density at radius 2 is 1.96 bits per heavy atom. The molecule has 3 amide bonds. The molecule has 1 fully saturated rings. The first-order valence-corrected chi connectivity index (χ1v) is 9.17. The van der Waals surface area contributed by atoms with Crippen LogP contribution in [0.25, 0.3) is 0 Å². The fourth-order valence-corrected chi connectivity index (χ4v) is 2.50. The molecule has 1 aliphatic rings. The lowest BCUT2D eigenvalue weighted by molar-refractivity contribution is 0.0635. The van der Waals surface area contributed by atoms with Gasteiger partial charge in [0, 0.05) is 31.0 Å². The predicted molar refractivity (Wildman–Crippen MR) is 102 cm³/mol. The molecule has 8 heteroatoms. The second-order valence-corrected chi connectivity index (χ2v) is 7.29. The molecule has 1 heterocycles. The van der Waals surface area contributed by atoms with Crippen LogP contribution in [0.2, 0.25) is 0 Å². The number of nitrogens with one attached hydrogen (secondary N) is 3. The summed E-state index contributed by atoms with van der Waals surface area (Å²) in [5, 5.41) is 8.35. The van der Waals surface area contributed by atoms with Crippen molar-refractivity contribution >= 4 is 17.8 Å². The minimum Gasteiger partial charge on any atom is -0.492 e. The van der Waals surface area contributed by atoms with Gasteiger partial charge in [-0.05, 0) is 45.7 Å². The highest BCUT2D eigenvalue weighted by Gasteiger charge is 2.17. The fourth-order valence-electron chi connectivity index (χ4n) is 2.50. The van der Waals surface area contributed by atoms with Gasteiger partial charge in [-0.1, -0.05) is 6.07 Å². The monoisotopic (exact) mass is 379 g/mol. The fraction of sp³-hybridized carbons (Fsp3) is 0.579.